The lowest BCUT2D eigenvalue weighted by Gasteiger charge is -2.33. The summed E-state index contributed by atoms with van der Waals surface area (Å²) in [4.78, 5) is 16.6. The van der Waals surface area contributed by atoms with Crippen LogP contribution in [0.3, 0.4) is 0 Å². The van der Waals surface area contributed by atoms with Gasteiger partial charge in [-0.05, 0) is 24.7 Å². The van der Waals surface area contributed by atoms with E-state index in [1.807, 2.05) is 7.05 Å². The molecule has 5 rings (SSSR count). The average molecular weight is 437 g/mol. The van der Waals surface area contributed by atoms with Crippen molar-refractivity contribution in [1.29, 1.82) is 0 Å². The van der Waals surface area contributed by atoms with E-state index in [9.17, 15) is 18.0 Å². The molecule has 3 aliphatic heterocycles. The number of ether oxygens (including phenoxy) is 2. The fourth-order valence-corrected chi connectivity index (χ4v) is 4.20. The standard InChI is InChI=1S/C20H22F3N5O3/c1-26-4-6-27(7-5-26)19(29)14-10-18-24-13(9-17(20(21,22)23)28(18)25-14)12-2-3-15-16(8-12)31-11-30-15/h2-3,8,10,13,17,24H,4-7,9,11H2,1H3/t13-,17+/m1/s1. The van der Waals surface area contributed by atoms with Gasteiger partial charge >= 0.3 is 6.18 Å². The SMILES string of the molecule is CN1CCN(C(=O)c2cc3n(n2)[C@H](C(F)(F)F)C[C@H](c2ccc4c(c2)OCO4)N3)CC1. The van der Waals surface area contributed by atoms with Crippen molar-refractivity contribution in [2.24, 2.45) is 0 Å². The molecule has 2 atom stereocenters. The number of alkyl halides is 3. The van der Waals surface area contributed by atoms with Crippen molar-refractivity contribution >= 4 is 11.7 Å². The van der Waals surface area contributed by atoms with Crippen LogP contribution in [0.5, 0.6) is 11.5 Å². The predicted octanol–water partition coefficient (Wildman–Crippen LogP) is 2.66. The summed E-state index contributed by atoms with van der Waals surface area (Å²) in [5.41, 5.74) is 0.672. The number of hydrogen-bond donors (Lipinski definition) is 1. The van der Waals surface area contributed by atoms with Crippen molar-refractivity contribution in [2.75, 3.05) is 45.3 Å². The molecule has 0 saturated carbocycles. The summed E-state index contributed by atoms with van der Waals surface area (Å²) in [6.45, 7) is 2.57. The molecule has 1 saturated heterocycles. The minimum absolute atomic E-state index is 0.0210. The number of likely N-dealkylation sites (N-methyl/N-ethyl adjacent to an activating group) is 1. The van der Waals surface area contributed by atoms with Crippen LogP contribution in [0.25, 0.3) is 0 Å². The van der Waals surface area contributed by atoms with Crippen LogP contribution in [0.2, 0.25) is 0 Å². The molecular weight excluding hydrogens is 415 g/mol. The topological polar surface area (TPSA) is 71.9 Å². The maximum atomic E-state index is 13.9. The number of piperazine rings is 1. The number of benzene rings is 1. The van der Waals surface area contributed by atoms with Crippen LogP contribution in [0.1, 0.15) is 34.6 Å². The second kappa shape index (κ2) is 7.33. The third kappa shape index (κ3) is 3.67. The fourth-order valence-electron chi connectivity index (χ4n) is 4.20. The Morgan fingerprint density at radius 3 is 2.61 bits per heavy atom. The Labute approximate surface area is 176 Å². The monoisotopic (exact) mass is 437 g/mol. The molecule has 3 aliphatic rings. The van der Waals surface area contributed by atoms with E-state index in [2.05, 4.69) is 15.3 Å². The number of carbonyl (C=O) groups is 1. The van der Waals surface area contributed by atoms with Gasteiger partial charge in [-0.1, -0.05) is 6.07 Å². The molecule has 0 bridgehead atoms. The highest BCUT2D eigenvalue weighted by molar-refractivity contribution is 5.93. The van der Waals surface area contributed by atoms with E-state index >= 15 is 0 Å². The van der Waals surface area contributed by atoms with Gasteiger partial charge < -0.3 is 24.6 Å². The van der Waals surface area contributed by atoms with Gasteiger partial charge in [0, 0.05) is 38.7 Å². The molecular formula is C20H22F3N5O3. The molecule has 2 aromatic rings. The van der Waals surface area contributed by atoms with E-state index in [4.69, 9.17) is 9.47 Å². The Balaban J connectivity index is 1.44. The third-order valence-corrected chi connectivity index (χ3v) is 6.00. The van der Waals surface area contributed by atoms with Crippen LogP contribution in [-0.4, -0.2) is 71.7 Å². The third-order valence-electron chi connectivity index (χ3n) is 6.00. The van der Waals surface area contributed by atoms with Gasteiger partial charge in [0.15, 0.2) is 23.2 Å². The van der Waals surface area contributed by atoms with E-state index in [-0.39, 0.29) is 30.6 Å². The first-order valence-electron chi connectivity index (χ1n) is 10.1. The maximum absolute atomic E-state index is 13.9. The Morgan fingerprint density at radius 1 is 1.13 bits per heavy atom. The van der Waals surface area contributed by atoms with Crippen LogP contribution in [0.4, 0.5) is 19.0 Å². The van der Waals surface area contributed by atoms with Gasteiger partial charge in [-0.15, -0.1) is 0 Å². The van der Waals surface area contributed by atoms with Crippen LogP contribution in [0, 0.1) is 0 Å². The summed E-state index contributed by atoms with van der Waals surface area (Å²) in [5.74, 6) is 0.899. The van der Waals surface area contributed by atoms with Crippen molar-refractivity contribution in [2.45, 2.75) is 24.7 Å². The van der Waals surface area contributed by atoms with Crippen LogP contribution >= 0.6 is 0 Å². The summed E-state index contributed by atoms with van der Waals surface area (Å²) < 4.78 is 53.2. The van der Waals surface area contributed by atoms with Crippen molar-refractivity contribution in [3.63, 3.8) is 0 Å². The van der Waals surface area contributed by atoms with E-state index in [1.54, 1.807) is 23.1 Å². The van der Waals surface area contributed by atoms with E-state index < -0.39 is 18.3 Å². The van der Waals surface area contributed by atoms with Crippen LogP contribution in [-0.2, 0) is 0 Å². The number of aromatic nitrogens is 2. The predicted molar refractivity (Wildman–Crippen MR) is 104 cm³/mol. The van der Waals surface area contributed by atoms with Gasteiger partial charge in [-0.25, -0.2) is 4.68 Å². The highest BCUT2D eigenvalue weighted by Crippen LogP contribution is 2.45. The van der Waals surface area contributed by atoms with E-state index in [1.165, 1.54) is 6.07 Å². The molecule has 11 heteroatoms. The molecule has 0 radical (unpaired) electrons. The van der Waals surface area contributed by atoms with Crippen molar-refractivity contribution in [1.82, 2.24) is 19.6 Å². The zero-order valence-electron chi connectivity index (χ0n) is 16.9. The normalized spacial score (nSPS) is 23.4. The maximum Gasteiger partial charge on any atom is 0.410 e. The van der Waals surface area contributed by atoms with Crippen molar-refractivity contribution in [3.05, 3.63) is 35.5 Å². The smallest absolute Gasteiger partial charge is 0.410 e. The first kappa shape index (κ1) is 20.0. The number of halogens is 3. The molecule has 0 aliphatic carbocycles. The second-order valence-corrected chi connectivity index (χ2v) is 8.06. The lowest BCUT2D eigenvalue weighted by molar-refractivity contribution is -0.173. The number of nitrogens with zero attached hydrogens (tertiary/aromatic N) is 4. The minimum Gasteiger partial charge on any atom is -0.454 e. The molecule has 1 aromatic heterocycles. The molecule has 1 aromatic carbocycles. The van der Waals surface area contributed by atoms with Gasteiger partial charge in [0.2, 0.25) is 6.79 Å². The zero-order chi connectivity index (χ0) is 21.8. The number of fused-ring (bicyclic) bond motifs is 2. The number of rotatable bonds is 2. The van der Waals surface area contributed by atoms with E-state index in [0.29, 0.717) is 30.2 Å². The Morgan fingerprint density at radius 2 is 1.87 bits per heavy atom. The van der Waals surface area contributed by atoms with Crippen LogP contribution < -0.4 is 14.8 Å². The molecule has 4 heterocycles. The number of anilines is 1. The molecule has 166 valence electrons. The molecule has 0 unspecified atom stereocenters. The van der Waals surface area contributed by atoms with Gasteiger partial charge in [0.25, 0.3) is 5.91 Å². The summed E-state index contributed by atoms with van der Waals surface area (Å²) >= 11 is 0. The summed E-state index contributed by atoms with van der Waals surface area (Å²) in [6, 6.07) is 4.07. The lowest BCUT2D eigenvalue weighted by atomic mass is 9.96. The fraction of sp³-hybridized carbons (Fsp3) is 0.500. The van der Waals surface area contributed by atoms with Gasteiger partial charge in [0.05, 0.1) is 6.04 Å². The average Bonchev–Trinajstić information content (AvgIpc) is 3.38. The Hall–Kier alpha value is -2.95. The summed E-state index contributed by atoms with van der Waals surface area (Å²) in [6.07, 6.45) is -4.76. The zero-order valence-corrected chi connectivity index (χ0v) is 16.9. The largest absolute Gasteiger partial charge is 0.454 e. The molecule has 0 spiro atoms. The molecule has 31 heavy (non-hydrogen) atoms. The molecule has 1 amide bonds. The second-order valence-electron chi connectivity index (χ2n) is 8.06. The van der Waals surface area contributed by atoms with Gasteiger partial charge in [-0.2, -0.15) is 18.3 Å². The number of nitrogens with one attached hydrogen (secondary N) is 1. The first-order chi connectivity index (χ1) is 14.8. The first-order valence-corrected chi connectivity index (χ1v) is 10.1. The highest BCUT2D eigenvalue weighted by Gasteiger charge is 2.47. The van der Waals surface area contributed by atoms with Gasteiger partial charge in [0.1, 0.15) is 5.82 Å². The highest BCUT2D eigenvalue weighted by atomic mass is 19.4. The summed E-state index contributed by atoms with van der Waals surface area (Å²) in [7, 11) is 1.96. The molecule has 1 fully saturated rings. The van der Waals surface area contributed by atoms with Gasteiger partial charge in [-0.3, -0.25) is 4.79 Å². The lowest BCUT2D eigenvalue weighted by Crippen LogP contribution is -2.47. The summed E-state index contributed by atoms with van der Waals surface area (Å²) in [5, 5.41) is 7.18. The molecule has 1 N–H and O–H groups in total. The number of hydrogen-bond acceptors (Lipinski definition) is 6. The van der Waals surface area contributed by atoms with Crippen LogP contribution in [0.15, 0.2) is 24.3 Å². The minimum atomic E-state index is -4.51. The Kier molecular flexibility index (Phi) is 4.72. The van der Waals surface area contributed by atoms with Crippen molar-refractivity contribution in [3.8, 4) is 11.5 Å². The van der Waals surface area contributed by atoms with E-state index in [0.717, 1.165) is 17.8 Å². The number of amides is 1. The molecule has 8 nitrogen and oxygen atoms in total. The number of carbonyl (C=O) groups excluding carboxylic acids is 1. The van der Waals surface area contributed by atoms with Crippen molar-refractivity contribution < 1.29 is 27.4 Å². The quantitative estimate of drug-likeness (QED) is 0.779. The Bertz CT molecular complexity index is 1000.